The van der Waals surface area contributed by atoms with Gasteiger partial charge in [0, 0.05) is 24.4 Å². The fourth-order valence-corrected chi connectivity index (χ4v) is 2.91. The minimum absolute atomic E-state index is 0.0960. The number of nitrogens with zero attached hydrogens (tertiary/aromatic N) is 1. The number of para-hydroxylation sites is 3. The van der Waals surface area contributed by atoms with E-state index in [0.29, 0.717) is 18.0 Å². The first-order valence-corrected chi connectivity index (χ1v) is 8.12. The summed E-state index contributed by atoms with van der Waals surface area (Å²) in [5.74, 6) is 0.440. The highest BCUT2D eigenvalue weighted by molar-refractivity contribution is 5.92. The van der Waals surface area contributed by atoms with Crippen LogP contribution in [-0.4, -0.2) is 17.6 Å². The maximum atomic E-state index is 12.3. The van der Waals surface area contributed by atoms with Gasteiger partial charge in [-0.15, -0.1) is 0 Å². The monoisotopic (exact) mass is 336 g/mol. The molecule has 1 aromatic heterocycles. The smallest absolute Gasteiger partial charge is 0.251 e. The summed E-state index contributed by atoms with van der Waals surface area (Å²) in [5, 5.41) is 3.85. The number of aryl methyl sites for hydroxylation is 2. The van der Waals surface area contributed by atoms with E-state index in [1.165, 1.54) is 0 Å². The zero-order valence-electron chi connectivity index (χ0n) is 14.3. The molecule has 0 atom stereocenters. The van der Waals surface area contributed by atoms with Gasteiger partial charge in [-0.25, -0.2) is 0 Å². The van der Waals surface area contributed by atoms with Crippen LogP contribution in [0.5, 0.6) is 5.75 Å². The first-order valence-electron chi connectivity index (χ1n) is 8.12. The van der Waals surface area contributed by atoms with Gasteiger partial charge in [0.15, 0.2) is 0 Å². The van der Waals surface area contributed by atoms with Crippen LogP contribution in [0.15, 0.2) is 59.4 Å². The normalized spacial score (nSPS) is 10.6. The number of ether oxygens (including phenoxy) is 1. The molecular formula is C20H20N2O3. The maximum absolute atomic E-state index is 12.3. The number of benzene rings is 2. The molecule has 0 saturated carbocycles. The van der Waals surface area contributed by atoms with Crippen LogP contribution in [0.3, 0.4) is 0 Å². The van der Waals surface area contributed by atoms with Gasteiger partial charge in [-0.1, -0.05) is 30.3 Å². The number of amides is 1. The second-order valence-corrected chi connectivity index (χ2v) is 5.83. The molecule has 3 aromatic rings. The summed E-state index contributed by atoms with van der Waals surface area (Å²) in [6.45, 7) is 2.24. The van der Waals surface area contributed by atoms with E-state index < -0.39 is 0 Å². The molecule has 128 valence electrons. The van der Waals surface area contributed by atoms with Crippen LogP contribution in [0.25, 0.3) is 10.9 Å². The number of carbonyl (C=O) groups is 1. The lowest BCUT2D eigenvalue weighted by atomic mass is 10.1. The van der Waals surface area contributed by atoms with Gasteiger partial charge < -0.3 is 14.6 Å². The predicted octanol–water partition coefficient (Wildman–Crippen LogP) is 3.35. The molecule has 25 heavy (non-hydrogen) atoms. The minimum atomic E-state index is -0.166. The van der Waals surface area contributed by atoms with Crippen molar-refractivity contribution in [3.05, 3.63) is 70.5 Å². The van der Waals surface area contributed by atoms with E-state index in [1.54, 1.807) is 29.9 Å². The number of aromatic nitrogens is 1. The number of rotatable bonds is 5. The van der Waals surface area contributed by atoms with E-state index in [0.717, 1.165) is 16.5 Å². The largest absolute Gasteiger partial charge is 0.495 e. The van der Waals surface area contributed by atoms with Gasteiger partial charge in [-0.3, -0.25) is 9.59 Å². The lowest BCUT2D eigenvalue weighted by molar-refractivity contribution is -0.116. The molecular weight excluding hydrogens is 316 g/mol. The number of nitrogens with one attached hydrogen (secondary N) is 1. The number of fused-ring (bicyclic) bond motifs is 1. The van der Waals surface area contributed by atoms with Crippen molar-refractivity contribution in [3.8, 4) is 5.75 Å². The van der Waals surface area contributed by atoms with E-state index >= 15 is 0 Å². The molecule has 1 heterocycles. The Bertz CT molecular complexity index is 976. The summed E-state index contributed by atoms with van der Waals surface area (Å²) >= 11 is 0. The Kier molecular flexibility index (Phi) is 4.84. The van der Waals surface area contributed by atoms with Gasteiger partial charge in [-0.05, 0) is 30.7 Å². The highest BCUT2D eigenvalue weighted by Crippen LogP contribution is 2.23. The van der Waals surface area contributed by atoms with E-state index in [-0.39, 0.29) is 17.9 Å². The fourth-order valence-electron chi connectivity index (χ4n) is 2.91. The van der Waals surface area contributed by atoms with Crippen molar-refractivity contribution in [1.82, 2.24) is 4.57 Å². The molecule has 5 heteroatoms. The number of anilines is 1. The second kappa shape index (κ2) is 7.21. The third-order valence-corrected chi connectivity index (χ3v) is 4.17. The number of carbonyl (C=O) groups excluding carboxylic acids is 1. The van der Waals surface area contributed by atoms with Crippen molar-refractivity contribution >= 4 is 22.5 Å². The standard InChI is InChI=1S/C20H20N2O3/c1-14-13-20(24)22(17-9-5-3-7-15(14)17)12-11-19(23)21-16-8-4-6-10-18(16)25-2/h3-10,13H,11-12H2,1-2H3,(H,21,23). The fraction of sp³-hybridized carbons (Fsp3) is 0.200. The second-order valence-electron chi connectivity index (χ2n) is 5.83. The van der Waals surface area contributed by atoms with Gasteiger partial charge in [0.1, 0.15) is 5.75 Å². The van der Waals surface area contributed by atoms with Gasteiger partial charge in [-0.2, -0.15) is 0 Å². The molecule has 0 aliphatic rings. The Balaban J connectivity index is 1.79. The summed E-state index contributed by atoms with van der Waals surface area (Å²) in [7, 11) is 1.56. The first kappa shape index (κ1) is 16.8. The zero-order chi connectivity index (χ0) is 17.8. The topological polar surface area (TPSA) is 60.3 Å². The highest BCUT2D eigenvalue weighted by Gasteiger charge is 2.10. The van der Waals surface area contributed by atoms with Gasteiger partial charge in [0.2, 0.25) is 5.91 Å². The lowest BCUT2D eigenvalue weighted by Gasteiger charge is -2.13. The molecule has 0 bridgehead atoms. The zero-order valence-corrected chi connectivity index (χ0v) is 14.3. The molecule has 0 radical (unpaired) electrons. The van der Waals surface area contributed by atoms with Crippen molar-refractivity contribution in [2.24, 2.45) is 0 Å². The number of methoxy groups -OCH3 is 1. The van der Waals surface area contributed by atoms with Gasteiger partial charge in [0.25, 0.3) is 5.56 Å². The average molecular weight is 336 g/mol. The van der Waals surface area contributed by atoms with E-state index in [1.807, 2.05) is 43.3 Å². The van der Waals surface area contributed by atoms with Crippen molar-refractivity contribution in [2.75, 3.05) is 12.4 Å². The summed E-state index contributed by atoms with van der Waals surface area (Å²) in [4.78, 5) is 24.6. The number of hydrogen-bond acceptors (Lipinski definition) is 3. The molecule has 0 spiro atoms. The number of hydrogen-bond donors (Lipinski definition) is 1. The Morgan fingerprint density at radius 3 is 2.64 bits per heavy atom. The maximum Gasteiger partial charge on any atom is 0.251 e. The van der Waals surface area contributed by atoms with E-state index in [4.69, 9.17) is 4.74 Å². The molecule has 0 unspecified atom stereocenters. The highest BCUT2D eigenvalue weighted by atomic mass is 16.5. The Morgan fingerprint density at radius 1 is 1.12 bits per heavy atom. The minimum Gasteiger partial charge on any atom is -0.495 e. The van der Waals surface area contributed by atoms with Gasteiger partial charge >= 0.3 is 0 Å². The van der Waals surface area contributed by atoms with Crippen molar-refractivity contribution in [1.29, 1.82) is 0 Å². The average Bonchev–Trinajstić information content (AvgIpc) is 2.62. The van der Waals surface area contributed by atoms with Crippen molar-refractivity contribution in [3.63, 3.8) is 0 Å². The molecule has 5 nitrogen and oxygen atoms in total. The molecule has 0 fully saturated rings. The van der Waals surface area contributed by atoms with Crippen LogP contribution in [-0.2, 0) is 11.3 Å². The molecule has 0 saturated heterocycles. The van der Waals surface area contributed by atoms with E-state index in [2.05, 4.69) is 5.32 Å². The third kappa shape index (κ3) is 3.55. The Hall–Kier alpha value is -3.08. The molecule has 2 aromatic carbocycles. The van der Waals surface area contributed by atoms with Crippen LogP contribution in [0.1, 0.15) is 12.0 Å². The van der Waals surface area contributed by atoms with Gasteiger partial charge in [0.05, 0.1) is 18.3 Å². The van der Waals surface area contributed by atoms with Crippen LogP contribution < -0.4 is 15.6 Å². The van der Waals surface area contributed by atoms with Crippen LogP contribution >= 0.6 is 0 Å². The summed E-state index contributed by atoms with van der Waals surface area (Å²) in [6.07, 6.45) is 0.199. The molecule has 1 N–H and O–H groups in total. The quantitative estimate of drug-likeness (QED) is 0.777. The van der Waals surface area contributed by atoms with Crippen LogP contribution in [0.2, 0.25) is 0 Å². The first-order chi connectivity index (χ1) is 12.1. The van der Waals surface area contributed by atoms with E-state index in [9.17, 15) is 9.59 Å². The van der Waals surface area contributed by atoms with Crippen LogP contribution in [0.4, 0.5) is 5.69 Å². The molecule has 0 aliphatic carbocycles. The third-order valence-electron chi connectivity index (χ3n) is 4.17. The predicted molar refractivity (Wildman–Crippen MR) is 99.2 cm³/mol. The molecule has 0 aliphatic heterocycles. The Morgan fingerprint density at radius 2 is 1.84 bits per heavy atom. The summed E-state index contributed by atoms with van der Waals surface area (Å²) < 4.78 is 6.87. The van der Waals surface area contributed by atoms with Crippen molar-refractivity contribution < 1.29 is 9.53 Å². The summed E-state index contributed by atoms with van der Waals surface area (Å²) in [5.41, 5.74) is 2.31. The number of pyridine rings is 1. The van der Waals surface area contributed by atoms with Crippen LogP contribution in [0, 0.1) is 6.92 Å². The van der Waals surface area contributed by atoms with Crippen molar-refractivity contribution in [2.45, 2.75) is 19.9 Å². The summed E-state index contributed by atoms with van der Waals surface area (Å²) in [6, 6.07) is 16.6. The molecule has 3 rings (SSSR count). The SMILES string of the molecule is COc1ccccc1NC(=O)CCn1c(=O)cc(C)c2ccccc21. The Labute approximate surface area is 145 Å². The lowest BCUT2D eigenvalue weighted by Crippen LogP contribution is -2.23. The molecule has 1 amide bonds.